The Bertz CT molecular complexity index is 1110. The topological polar surface area (TPSA) is 84.5 Å². The Kier molecular flexibility index (Phi) is 4.75. The molecule has 8 heteroatoms. The summed E-state index contributed by atoms with van der Waals surface area (Å²) in [6.07, 6.45) is 3.04. The number of hydrogen-bond acceptors (Lipinski definition) is 4. The first-order valence-corrected chi connectivity index (χ1v) is 9.20. The number of carboxylic acids is 1. The van der Waals surface area contributed by atoms with E-state index in [4.69, 9.17) is 28.3 Å². The summed E-state index contributed by atoms with van der Waals surface area (Å²) in [6, 6.07) is 11.1. The molecule has 2 heterocycles. The van der Waals surface area contributed by atoms with Crippen molar-refractivity contribution in [1.29, 1.82) is 0 Å². The maximum absolute atomic E-state index is 13.1. The molecular formula is C20H13Cl2N3O3. The van der Waals surface area contributed by atoms with E-state index in [1.54, 1.807) is 36.5 Å². The third-order valence-electron chi connectivity index (χ3n) is 4.46. The highest BCUT2D eigenvalue weighted by Gasteiger charge is 2.26. The molecule has 0 spiro atoms. The van der Waals surface area contributed by atoms with Crippen molar-refractivity contribution >= 4 is 47.0 Å². The number of fused-ring (bicyclic) bond motifs is 1. The second kappa shape index (κ2) is 7.22. The predicted octanol–water partition coefficient (Wildman–Crippen LogP) is 4.89. The zero-order valence-electron chi connectivity index (χ0n) is 14.4. The van der Waals surface area contributed by atoms with Gasteiger partial charge in [0, 0.05) is 11.8 Å². The molecule has 28 heavy (non-hydrogen) atoms. The maximum Gasteiger partial charge on any atom is 0.335 e. The average molecular weight is 414 g/mol. The molecule has 1 aromatic heterocycles. The van der Waals surface area contributed by atoms with E-state index < -0.39 is 11.9 Å². The van der Waals surface area contributed by atoms with Crippen LogP contribution in [-0.4, -0.2) is 33.0 Å². The van der Waals surface area contributed by atoms with Gasteiger partial charge in [-0.3, -0.25) is 9.79 Å². The highest BCUT2D eigenvalue weighted by Crippen LogP contribution is 2.36. The smallest absolute Gasteiger partial charge is 0.335 e. The summed E-state index contributed by atoms with van der Waals surface area (Å²) in [5, 5.41) is 14.1. The number of hydrogen-bond donors (Lipinski definition) is 1. The summed E-state index contributed by atoms with van der Waals surface area (Å²) in [6.45, 7) is 0. The molecule has 3 aromatic rings. The summed E-state index contributed by atoms with van der Waals surface area (Å²) in [5.74, 6) is -1.45. The fraction of sp³-hybridized carbons (Fsp3) is 0.100. The first-order valence-electron chi connectivity index (χ1n) is 8.44. The highest BCUT2D eigenvalue weighted by atomic mass is 35.5. The second-order valence-electron chi connectivity index (χ2n) is 6.19. The molecular weight excluding hydrogens is 401 g/mol. The Morgan fingerprint density at radius 1 is 1.04 bits per heavy atom. The molecule has 0 saturated heterocycles. The molecule has 1 N–H and O–H groups in total. The standard InChI is InChI=1S/C20H13Cl2N3O3/c21-13-3-1-4-14(22)16(13)19(26)25-15-5-2-10-23-18(15)17(24-25)11-6-8-12(9-7-11)20(27)28/h1,3-4,6-10H,2,5H2,(H,27,28). The summed E-state index contributed by atoms with van der Waals surface area (Å²) < 4.78 is 1.29. The van der Waals surface area contributed by atoms with Crippen LogP contribution in [0.15, 0.2) is 47.5 Å². The Morgan fingerprint density at radius 2 is 1.71 bits per heavy atom. The van der Waals surface area contributed by atoms with Crippen molar-refractivity contribution < 1.29 is 14.7 Å². The van der Waals surface area contributed by atoms with Gasteiger partial charge in [-0.1, -0.05) is 41.4 Å². The summed E-state index contributed by atoms with van der Waals surface area (Å²) in [4.78, 5) is 28.7. The number of carbonyl (C=O) groups excluding carboxylic acids is 1. The molecule has 0 unspecified atom stereocenters. The van der Waals surface area contributed by atoms with Crippen molar-refractivity contribution in [2.75, 3.05) is 0 Å². The van der Waals surface area contributed by atoms with Gasteiger partial charge in [-0.15, -0.1) is 0 Å². The molecule has 1 aliphatic rings. The van der Waals surface area contributed by atoms with Crippen molar-refractivity contribution in [3.8, 4) is 11.3 Å². The van der Waals surface area contributed by atoms with Gasteiger partial charge in [0.15, 0.2) is 0 Å². The number of halogens is 2. The molecule has 0 atom stereocenters. The van der Waals surface area contributed by atoms with Crippen LogP contribution in [0.1, 0.15) is 32.8 Å². The Labute approximate surface area is 170 Å². The number of nitrogens with zero attached hydrogens (tertiary/aromatic N) is 3. The zero-order valence-corrected chi connectivity index (χ0v) is 15.9. The summed E-state index contributed by atoms with van der Waals surface area (Å²) in [7, 11) is 0. The van der Waals surface area contributed by atoms with Crippen LogP contribution in [0.4, 0.5) is 5.69 Å². The van der Waals surface area contributed by atoms with Crippen molar-refractivity contribution in [1.82, 2.24) is 9.78 Å². The lowest BCUT2D eigenvalue weighted by atomic mass is 10.1. The van der Waals surface area contributed by atoms with E-state index in [2.05, 4.69) is 10.1 Å². The average Bonchev–Trinajstić information content (AvgIpc) is 3.07. The molecule has 1 aliphatic heterocycles. The normalized spacial score (nSPS) is 12.6. The largest absolute Gasteiger partial charge is 0.478 e. The number of benzene rings is 2. The first-order chi connectivity index (χ1) is 13.5. The first kappa shape index (κ1) is 18.4. The van der Waals surface area contributed by atoms with Gasteiger partial charge >= 0.3 is 5.97 Å². The lowest BCUT2D eigenvalue weighted by molar-refractivity contribution is 0.0696. The molecule has 0 amide bonds. The minimum absolute atomic E-state index is 0.166. The third kappa shape index (κ3) is 3.10. The Morgan fingerprint density at radius 3 is 2.36 bits per heavy atom. The number of aromatic carboxylic acids is 1. The van der Waals surface area contributed by atoms with Crippen LogP contribution in [0.3, 0.4) is 0 Å². The van der Waals surface area contributed by atoms with Crippen LogP contribution < -0.4 is 0 Å². The van der Waals surface area contributed by atoms with E-state index in [1.165, 1.54) is 16.8 Å². The van der Waals surface area contributed by atoms with Crippen LogP contribution in [-0.2, 0) is 6.42 Å². The van der Waals surface area contributed by atoms with E-state index in [0.717, 1.165) is 0 Å². The Hall–Kier alpha value is -2.96. The lowest BCUT2D eigenvalue weighted by Gasteiger charge is -2.10. The predicted molar refractivity (Wildman–Crippen MR) is 107 cm³/mol. The summed E-state index contributed by atoms with van der Waals surface area (Å²) >= 11 is 12.4. The zero-order chi connectivity index (χ0) is 19.8. The molecule has 0 saturated carbocycles. The lowest BCUT2D eigenvalue weighted by Crippen LogP contribution is -2.18. The van der Waals surface area contributed by atoms with Crippen LogP contribution in [0, 0.1) is 0 Å². The van der Waals surface area contributed by atoms with Crippen LogP contribution in [0.25, 0.3) is 11.3 Å². The molecule has 140 valence electrons. The molecule has 0 fully saturated rings. The van der Waals surface area contributed by atoms with Crippen LogP contribution >= 0.6 is 23.2 Å². The molecule has 0 aliphatic carbocycles. The Balaban J connectivity index is 1.85. The summed E-state index contributed by atoms with van der Waals surface area (Å²) in [5.41, 5.74) is 2.76. The van der Waals surface area contributed by atoms with E-state index >= 15 is 0 Å². The number of carboxylic acid groups (broad SMARTS) is 1. The molecule has 0 radical (unpaired) electrons. The number of aromatic nitrogens is 2. The quantitative estimate of drug-likeness (QED) is 0.661. The molecule has 6 nitrogen and oxygen atoms in total. The van der Waals surface area contributed by atoms with Gasteiger partial charge < -0.3 is 5.11 Å². The molecule has 4 rings (SSSR count). The second-order valence-corrected chi connectivity index (χ2v) is 7.00. The fourth-order valence-corrected chi connectivity index (χ4v) is 3.66. The highest BCUT2D eigenvalue weighted by molar-refractivity contribution is 6.39. The van der Waals surface area contributed by atoms with Gasteiger partial charge in [0.05, 0.1) is 26.9 Å². The van der Waals surface area contributed by atoms with Gasteiger partial charge in [-0.2, -0.15) is 9.78 Å². The number of rotatable bonds is 3. The molecule has 0 bridgehead atoms. The van der Waals surface area contributed by atoms with Gasteiger partial charge in [0.2, 0.25) is 0 Å². The van der Waals surface area contributed by atoms with E-state index in [9.17, 15) is 9.59 Å². The van der Waals surface area contributed by atoms with Crippen LogP contribution in [0.5, 0.6) is 0 Å². The SMILES string of the molecule is O=C(O)c1ccc(-c2nn(C(=O)c3c(Cl)cccc3Cl)c3c2N=CCC3)cc1. The third-order valence-corrected chi connectivity index (χ3v) is 5.09. The van der Waals surface area contributed by atoms with E-state index in [-0.39, 0.29) is 21.2 Å². The van der Waals surface area contributed by atoms with Crippen molar-refractivity contribution in [3.63, 3.8) is 0 Å². The van der Waals surface area contributed by atoms with E-state index in [1.807, 2.05) is 0 Å². The van der Waals surface area contributed by atoms with E-state index in [0.29, 0.717) is 35.5 Å². The van der Waals surface area contributed by atoms with Gasteiger partial charge in [-0.25, -0.2) is 4.79 Å². The number of aliphatic imine (C=N–C) groups is 1. The fourth-order valence-electron chi connectivity index (χ4n) is 3.10. The van der Waals surface area contributed by atoms with Crippen molar-refractivity contribution in [2.24, 2.45) is 4.99 Å². The number of carbonyl (C=O) groups is 2. The van der Waals surface area contributed by atoms with Crippen LogP contribution in [0.2, 0.25) is 10.0 Å². The minimum atomic E-state index is -1.01. The maximum atomic E-state index is 13.1. The van der Waals surface area contributed by atoms with Gasteiger partial charge in [0.25, 0.3) is 5.91 Å². The van der Waals surface area contributed by atoms with Gasteiger partial charge in [-0.05, 0) is 37.1 Å². The van der Waals surface area contributed by atoms with Crippen molar-refractivity contribution in [2.45, 2.75) is 12.8 Å². The van der Waals surface area contributed by atoms with Gasteiger partial charge in [0.1, 0.15) is 11.4 Å². The van der Waals surface area contributed by atoms with Crippen molar-refractivity contribution in [3.05, 3.63) is 69.3 Å². The molecule has 2 aromatic carbocycles. The minimum Gasteiger partial charge on any atom is -0.478 e. The monoisotopic (exact) mass is 413 g/mol.